The van der Waals surface area contributed by atoms with Crippen LogP contribution in [-0.2, 0) is 0 Å². The summed E-state index contributed by atoms with van der Waals surface area (Å²) < 4.78 is -0.212. The highest BCUT2D eigenvalue weighted by molar-refractivity contribution is 9.25. The predicted molar refractivity (Wildman–Crippen MR) is 72.7 cm³/mol. The smallest absolute Gasteiger partial charge is 0.170 e. The van der Waals surface area contributed by atoms with Gasteiger partial charge in [0, 0.05) is 38.9 Å². The highest BCUT2D eigenvalue weighted by atomic mass is 79.9. The molecule has 2 heterocycles. The van der Waals surface area contributed by atoms with Gasteiger partial charge in [0.1, 0.15) is 0 Å². The van der Waals surface area contributed by atoms with E-state index in [1.165, 1.54) is 0 Å². The molecule has 0 atom stereocenters. The molecule has 0 fully saturated rings. The summed E-state index contributed by atoms with van der Waals surface area (Å²) in [6.07, 6.45) is 8.36. The number of hydrogen-bond acceptors (Lipinski definition) is 4. The van der Waals surface area contributed by atoms with Crippen LogP contribution in [0, 0.1) is 0 Å². The molecule has 2 aliphatic rings. The number of alkyl halides is 2. The Morgan fingerprint density at radius 3 is 2.12 bits per heavy atom. The van der Waals surface area contributed by atoms with Crippen LogP contribution < -0.4 is 0 Å². The molecule has 6 heteroatoms. The molecular formula is C10H16Br2N4. The minimum atomic E-state index is -0.212. The second kappa shape index (κ2) is 4.49. The molecule has 0 amide bonds. The van der Waals surface area contributed by atoms with E-state index in [4.69, 9.17) is 0 Å². The van der Waals surface area contributed by atoms with Crippen molar-refractivity contribution in [1.82, 2.24) is 19.6 Å². The van der Waals surface area contributed by atoms with Crippen LogP contribution in [0.25, 0.3) is 0 Å². The summed E-state index contributed by atoms with van der Waals surface area (Å²) in [6, 6.07) is 0. The molecule has 0 spiro atoms. The number of halogens is 2. The first-order valence-electron chi connectivity index (χ1n) is 5.13. The van der Waals surface area contributed by atoms with Crippen molar-refractivity contribution in [1.29, 1.82) is 0 Å². The summed E-state index contributed by atoms with van der Waals surface area (Å²) in [5.41, 5.74) is 0. The fourth-order valence-corrected chi connectivity index (χ4v) is 2.87. The van der Waals surface area contributed by atoms with Crippen LogP contribution in [0.5, 0.6) is 0 Å². The summed E-state index contributed by atoms with van der Waals surface area (Å²) >= 11 is 7.47. The van der Waals surface area contributed by atoms with Crippen molar-refractivity contribution in [3.63, 3.8) is 0 Å². The lowest BCUT2D eigenvalue weighted by molar-refractivity contribution is 0.214. The monoisotopic (exact) mass is 350 g/mol. The van der Waals surface area contributed by atoms with Gasteiger partial charge in [0.05, 0.1) is 19.9 Å². The van der Waals surface area contributed by atoms with Gasteiger partial charge in [-0.2, -0.15) is 0 Å². The summed E-state index contributed by atoms with van der Waals surface area (Å²) in [7, 11) is 4.14. The van der Waals surface area contributed by atoms with Gasteiger partial charge in [0.25, 0.3) is 0 Å². The first kappa shape index (κ1) is 12.1. The molecule has 0 bridgehead atoms. The summed E-state index contributed by atoms with van der Waals surface area (Å²) in [6.45, 7) is 2.71. The van der Waals surface area contributed by atoms with Crippen molar-refractivity contribution < 1.29 is 0 Å². The molecule has 0 saturated heterocycles. The molecule has 0 aromatic carbocycles. The SMILES string of the molecule is CN1C=CN(CC(Br)(Br)N2C=CN(C)C2)C1. The molecule has 0 saturated carbocycles. The minimum Gasteiger partial charge on any atom is -0.362 e. The van der Waals surface area contributed by atoms with Crippen molar-refractivity contribution in [2.75, 3.05) is 34.0 Å². The second-order valence-electron chi connectivity index (χ2n) is 4.28. The Balaban J connectivity index is 1.93. The quantitative estimate of drug-likeness (QED) is 0.567. The van der Waals surface area contributed by atoms with Gasteiger partial charge in [-0.1, -0.05) is 0 Å². The number of rotatable bonds is 3. The van der Waals surface area contributed by atoms with Crippen LogP contribution in [0.15, 0.2) is 24.8 Å². The van der Waals surface area contributed by atoms with E-state index in [2.05, 4.69) is 90.4 Å². The van der Waals surface area contributed by atoms with Crippen LogP contribution in [-0.4, -0.2) is 56.9 Å². The van der Waals surface area contributed by atoms with Crippen LogP contribution in [0.3, 0.4) is 0 Å². The average molecular weight is 352 g/mol. The van der Waals surface area contributed by atoms with Crippen LogP contribution in [0.1, 0.15) is 0 Å². The first-order valence-corrected chi connectivity index (χ1v) is 6.72. The summed E-state index contributed by atoms with van der Waals surface area (Å²) in [5, 5.41) is 0. The highest BCUT2D eigenvalue weighted by Crippen LogP contribution is 2.34. The lowest BCUT2D eigenvalue weighted by atomic mass is 10.5. The Bertz CT molecular complexity index is 316. The number of hydrogen-bond donors (Lipinski definition) is 0. The largest absolute Gasteiger partial charge is 0.362 e. The van der Waals surface area contributed by atoms with Gasteiger partial charge in [-0.25, -0.2) is 0 Å². The zero-order valence-corrected chi connectivity index (χ0v) is 12.6. The molecule has 4 nitrogen and oxygen atoms in total. The van der Waals surface area contributed by atoms with Crippen molar-refractivity contribution in [2.24, 2.45) is 0 Å². The molecule has 0 aromatic heterocycles. The summed E-state index contributed by atoms with van der Waals surface area (Å²) in [5.74, 6) is 0. The maximum Gasteiger partial charge on any atom is 0.170 e. The van der Waals surface area contributed by atoms with Gasteiger partial charge in [-0.05, 0) is 31.9 Å². The maximum atomic E-state index is 3.74. The third-order valence-corrected chi connectivity index (χ3v) is 4.04. The van der Waals surface area contributed by atoms with Gasteiger partial charge in [-0.3, -0.25) is 0 Å². The Morgan fingerprint density at radius 2 is 1.62 bits per heavy atom. The molecule has 90 valence electrons. The first-order chi connectivity index (χ1) is 7.47. The van der Waals surface area contributed by atoms with E-state index in [9.17, 15) is 0 Å². The van der Waals surface area contributed by atoms with E-state index in [-0.39, 0.29) is 3.36 Å². The molecule has 0 radical (unpaired) electrons. The van der Waals surface area contributed by atoms with E-state index in [1.54, 1.807) is 0 Å². The molecule has 2 rings (SSSR count). The highest BCUT2D eigenvalue weighted by Gasteiger charge is 2.33. The molecule has 0 aromatic rings. The average Bonchev–Trinajstić information content (AvgIpc) is 2.75. The van der Waals surface area contributed by atoms with E-state index >= 15 is 0 Å². The standard InChI is InChI=1S/C10H16Br2N4/c1-13-3-5-15(8-13)7-10(11,12)16-6-4-14(2)9-16/h3-6H,7-9H2,1-2H3. The van der Waals surface area contributed by atoms with Crippen molar-refractivity contribution in [3.8, 4) is 0 Å². The van der Waals surface area contributed by atoms with E-state index in [0.29, 0.717) is 0 Å². The van der Waals surface area contributed by atoms with Crippen LogP contribution >= 0.6 is 31.9 Å². The van der Waals surface area contributed by atoms with Gasteiger partial charge in [0.2, 0.25) is 0 Å². The summed E-state index contributed by atoms with van der Waals surface area (Å²) in [4.78, 5) is 8.78. The third kappa shape index (κ3) is 2.66. The minimum absolute atomic E-state index is 0.212. The van der Waals surface area contributed by atoms with Gasteiger partial charge >= 0.3 is 0 Å². The molecule has 0 N–H and O–H groups in total. The fraction of sp³-hybridized carbons (Fsp3) is 0.600. The second-order valence-corrected chi connectivity index (χ2v) is 7.96. The van der Waals surface area contributed by atoms with E-state index in [0.717, 1.165) is 19.9 Å². The predicted octanol–water partition coefficient (Wildman–Crippen LogP) is 1.78. The lowest BCUT2D eigenvalue weighted by Crippen LogP contribution is -2.44. The lowest BCUT2D eigenvalue weighted by Gasteiger charge is -2.35. The normalized spacial score (nSPS) is 20.5. The fourth-order valence-electron chi connectivity index (χ4n) is 1.77. The molecule has 0 aliphatic carbocycles. The Labute approximate surface area is 113 Å². The van der Waals surface area contributed by atoms with Gasteiger partial charge in [0.15, 0.2) is 3.36 Å². The molecule has 0 unspecified atom stereocenters. The van der Waals surface area contributed by atoms with Gasteiger partial charge < -0.3 is 19.6 Å². The van der Waals surface area contributed by atoms with Gasteiger partial charge in [-0.15, -0.1) is 0 Å². The van der Waals surface area contributed by atoms with Crippen molar-refractivity contribution in [3.05, 3.63) is 24.8 Å². The van der Waals surface area contributed by atoms with Crippen molar-refractivity contribution >= 4 is 31.9 Å². The Hall–Kier alpha value is -0.360. The molecule has 16 heavy (non-hydrogen) atoms. The Morgan fingerprint density at radius 1 is 1.00 bits per heavy atom. The van der Waals surface area contributed by atoms with Crippen LogP contribution in [0.4, 0.5) is 0 Å². The van der Waals surface area contributed by atoms with E-state index in [1.807, 2.05) is 0 Å². The maximum absolute atomic E-state index is 3.74. The van der Waals surface area contributed by atoms with E-state index < -0.39 is 0 Å². The zero-order valence-electron chi connectivity index (χ0n) is 9.48. The zero-order chi connectivity index (χ0) is 11.8. The third-order valence-electron chi connectivity index (χ3n) is 2.63. The topological polar surface area (TPSA) is 13.0 Å². The Kier molecular flexibility index (Phi) is 3.39. The molecular weight excluding hydrogens is 336 g/mol. The van der Waals surface area contributed by atoms with Crippen molar-refractivity contribution in [2.45, 2.75) is 3.36 Å². The van der Waals surface area contributed by atoms with Crippen LogP contribution in [0.2, 0.25) is 0 Å². The number of nitrogens with zero attached hydrogens (tertiary/aromatic N) is 4. The molecule has 2 aliphatic heterocycles.